The van der Waals surface area contributed by atoms with Crippen molar-refractivity contribution in [3.63, 3.8) is 0 Å². The molecule has 33 heavy (non-hydrogen) atoms. The molecule has 5 heteroatoms. The fourth-order valence-corrected chi connectivity index (χ4v) is 6.05. The van der Waals surface area contributed by atoms with Crippen LogP contribution < -0.4 is 10.2 Å². The number of anilines is 1. The van der Waals surface area contributed by atoms with Crippen LogP contribution in [0.2, 0.25) is 0 Å². The van der Waals surface area contributed by atoms with Gasteiger partial charge < -0.3 is 15.3 Å². The molecule has 0 aliphatic carbocycles. The number of fused-ring (bicyclic) bond motifs is 2. The van der Waals surface area contributed by atoms with Crippen LogP contribution in [0.15, 0.2) is 66.0 Å². The summed E-state index contributed by atoms with van der Waals surface area (Å²) in [6.45, 7) is 4.22. The number of likely N-dealkylation sites (N-methyl/N-ethyl adjacent to an activating group) is 1. The third kappa shape index (κ3) is 5.43. The largest absolute Gasteiger partial charge is 0.506 e. The van der Waals surface area contributed by atoms with Gasteiger partial charge in [0.1, 0.15) is 5.75 Å². The van der Waals surface area contributed by atoms with Crippen molar-refractivity contribution in [3.05, 3.63) is 82.0 Å². The number of phenols is 1. The van der Waals surface area contributed by atoms with E-state index < -0.39 is 0 Å². The van der Waals surface area contributed by atoms with E-state index in [9.17, 15) is 5.11 Å². The zero-order chi connectivity index (χ0) is 23.1. The van der Waals surface area contributed by atoms with Gasteiger partial charge in [0.2, 0.25) is 0 Å². The van der Waals surface area contributed by atoms with Crippen molar-refractivity contribution in [2.24, 2.45) is 0 Å². The molecule has 4 nitrogen and oxygen atoms in total. The van der Waals surface area contributed by atoms with Crippen molar-refractivity contribution in [1.82, 2.24) is 10.2 Å². The average molecular weight is 464 g/mol. The number of nitrogens with one attached hydrogen (secondary N) is 1. The van der Waals surface area contributed by atoms with Gasteiger partial charge in [0, 0.05) is 30.1 Å². The quantitative estimate of drug-likeness (QED) is 0.505. The third-order valence-corrected chi connectivity index (χ3v) is 8.15. The van der Waals surface area contributed by atoms with Crippen LogP contribution in [-0.4, -0.2) is 50.3 Å². The molecule has 176 valence electrons. The molecule has 5 rings (SSSR count). The molecule has 1 spiro atoms. The van der Waals surface area contributed by atoms with Gasteiger partial charge in [-0.05, 0) is 87.5 Å². The maximum atomic E-state index is 10.1. The molecule has 2 aliphatic heterocycles. The van der Waals surface area contributed by atoms with E-state index in [2.05, 4.69) is 63.9 Å². The lowest BCUT2D eigenvalue weighted by Crippen LogP contribution is -2.54. The molecular weight excluding hydrogens is 426 g/mol. The van der Waals surface area contributed by atoms with Crippen molar-refractivity contribution >= 4 is 17.0 Å². The van der Waals surface area contributed by atoms with E-state index >= 15 is 0 Å². The summed E-state index contributed by atoms with van der Waals surface area (Å²) in [4.78, 5) is 6.37. The van der Waals surface area contributed by atoms with Gasteiger partial charge >= 0.3 is 0 Å². The van der Waals surface area contributed by atoms with Crippen LogP contribution in [0.4, 0.5) is 5.69 Å². The highest BCUT2D eigenvalue weighted by Gasteiger charge is 2.43. The Kier molecular flexibility index (Phi) is 8.07. The van der Waals surface area contributed by atoms with Gasteiger partial charge in [-0.3, -0.25) is 4.90 Å². The maximum Gasteiger partial charge on any atom is 0.138 e. The van der Waals surface area contributed by atoms with Crippen LogP contribution in [0.25, 0.3) is 0 Å². The number of rotatable bonds is 5. The zero-order valence-electron chi connectivity index (χ0n) is 20.0. The summed E-state index contributed by atoms with van der Waals surface area (Å²) in [5.41, 5.74) is 4.16. The van der Waals surface area contributed by atoms with Gasteiger partial charge in [-0.15, -0.1) is 11.3 Å². The van der Waals surface area contributed by atoms with Gasteiger partial charge in [0.05, 0.1) is 5.69 Å². The first-order valence-corrected chi connectivity index (χ1v) is 13.0. The topological polar surface area (TPSA) is 38.7 Å². The highest BCUT2D eigenvalue weighted by molar-refractivity contribution is 7.09. The van der Waals surface area contributed by atoms with Crippen molar-refractivity contribution in [1.29, 1.82) is 0 Å². The minimum atomic E-state index is 0.162. The number of nitrogens with zero attached hydrogens (tertiary/aromatic N) is 2. The first kappa shape index (κ1) is 23.8. The van der Waals surface area contributed by atoms with Crippen molar-refractivity contribution in [3.8, 4) is 5.75 Å². The first-order valence-electron chi connectivity index (χ1n) is 12.1. The molecule has 2 aliphatic rings. The van der Waals surface area contributed by atoms with E-state index in [1.54, 1.807) is 6.07 Å². The van der Waals surface area contributed by atoms with Crippen LogP contribution in [0.1, 0.15) is 35.3 Å². The molecule has 0 radical (unpaired) electrons. The van der Waals surface area contributed by atoms with Gasteiger partial charge in [-0.2, -0.15) is 0 Å². The van der Waals surface area contributed by atoms with Gasteiger partial charge in [-0.25, -0.2) is 0 Å². The predicted octanol–water partition coefficient (Wildman–Crippen LogP) is 5.28. The highest BCUT2D eigenvalue weighted by atomic mass is 32.1. The van der Waals surface area contributed by atoms with Gasteiger partial charge in [0.25, 0.3) is 0 Å². The summed E-state index contributed by atoms with van der Waals surface area (Å²) >= 11 is 1.85. The average Bonchev–Trinajstić information content (AvgIpc) is 3.37. The zero-order valence-corrected chi connectivity index (χ0v) is 20.8. The maximum absolute atomic E-state index is 10.1. The molecule has 3 heterocycles. The Balaban J connectivity index is 0.000000219. The SMILES string of the molecule is CN1CCc2ccccc2C12CCN(c1ccccc1O)CC2.CNCCCc1cccs1. The molecule has 0 bridgehead atoms. The standard InChI is InChI=1S/C20H24N2O.C8H13NS/c1-21-13-10-16-6-2-3-7-17(16)20(21)11-14-22(15-12-20)18-8-4-5-9-19(18)23;1-9-6-2-4-8-5-3-7-10-8/h2-9,23H,10-15H2,1H3;3,5,7,9H,2,4,6H2,1H3. The molecular formula is C28H37N3OS. The molecule has 0 unspecified atom stereocenters. The minimum Gasteiger partial charge on any atom is -0.506 e. The third-order valence-electron chi connectivity index (χ3n) is 7.21. The second-order valence-corrected chi connectivity index (χ2v) is 10.2. The van der Waals surface area contributed by atoms with Crippen LogP contribution >= 0.6 is 11.3 Å². The Bertz CT molecular complexity index is 996. The number of aryl methyl sites for hydroxylation is 1. The smallest absolute Gasteiger partial charge is 0.138 e. The van der Waals surface area contributed by atoms with Crippen LogP contribution in [0.5, 0.6) is 5.75 Å². The molecule has 1 fully saturated rings. The fraction of sp³-hybridized carbons (Fsp3) is 0.429. The summed E-state index contributed by atoms with van der Waals surface area (Å²) in [5, 5.41) is 15.4. The monoisotopic (exact) mass is 463 g/mol. The van der Waals surface area contributed by atoms with E-state index in [0.717, 1.165) is 51.1 Å². The molecule has 1 saturated heterocycles. The van der Waals surface area contributed by atoms with Crippen molar-refractivity contribution in [2.45, 2.75) is 37.6 Å². The molecule has 0 atom stereocenters. The molecule has 2 aromatic carbocycles. The van der Waals surface area contributed by atoms with E-state index in [0.29, 0.717) is 5.75 Å². The number of hydrogen-bond acceptors (Lipinski definition) is 5. The number of para-hydroxylation sites is 2. The lowest BCUT2D eigenvalue weighted by molar-refractivity contribution is 0.0757. The minimum absolute atomic E-state index is 0.162. The van der Waals surface area contributed by atoms with Crippen LogP contribution in [0.3, 0.4) is 0 Å². The molecule has 3 aromatic rings. The number of hydrogen-bond donors (Lipinski definition) is 2. The fourth-order valence-electron chi connectivity index (χ4n) is 5.29. The number of thiophene rings is 1. The van der Waals surface area contributed by atoms with E-state index in [1.165, 1.54) is 28.8 Å². The summed E-state index contributed by atoms with van der Waals surface area (Å²) in [5.74, 6) is 0.390. The first-order chi connectivity index (χ1) is 16.1. The second-order valence-electron chi connectivity index (χ2n) is 9.12. The van der Waals surface area contributed by atoms with Gasteiger partial charge in [-0.1, -0.05) is 42.5 Å². The normalized spacial score (nSPS) is 17.3. The Morgan fingerprint density at radius 3 is 2.45 bits per heavy atom. The Morgan fingerprint density at radius 2 is 1.73 bits per heavy atom. The Morgan fingerprint density at radius 1 is 0.970 bits per heavy atom. The van der Waals surface area contributed by atoms with E-state index in [1.807, 2.05) is 36.6 Å². The Hall–Kier alpha value is -2.34. The molecule has 2 N–H and O–H groups in total. The highest BCUT2D eigenvalue weighted by Crippen LogP contribution is 2.44. The number of phenolic OH excluding ortho intramolecular Hbond substituents is 1. The lowest BCUT2D eigenvalue weighted by atomic mass is 9.74. The summed E-state index contributed by atoms with van der Waals surface area (Å²) < 4.78 is 0. The van der Waals surface area contributed by atoms with Crippen LogP contribution in [0, 0.1) is 0 Å². The molecule has 0 saturated carbocycles. The Labute approximate surface area is 202 Å². The number of benzene rings is 2. The predicted molar refractivity (Wildman–Crippen MR) is 141 cm³/mol. The molecule has 0 amide bonds. The summed E-state index contributed by atoms with van der Waals surface area (Å²) in [7, 11) is 4.26. The van der Waals surface area contributed by atoms with Crippen molar-refractivity contribution < 1.29 is 5.11 Å². The second kappa shape index (κ2) is 11.2. The number of aromatic hydroxyl groups is 1. The number of piperidine rings is 1. The summed E-state index contributed by atoms with van der Waals surface area (Å²) in [6, 6.07) is 20.9. The van der Waals surface area contributed by atoms with E-state index in [4.69, 9.17) is 0 Å². The summed E-state index contributed by atoms with van der Waals surface area (Å²) in [6.07, 6.45) is 5.83. The molecule has 1 aromatic heterocycles. The van der Waals surface area contributed by atoms with Gasteiger partial charge in [0.15, 0.2) is 0 Å². The lowest BCUT2D eigenvalue weighted by Gasteiger charge is -2.51. The van der Waals surface area contributed by atoms with Crippen molar-refractivity contribution in [2.75, 3.05) is 45.2 Å². The van der Waals surface area contributed by atoms with Crippen LogP contribution in [-0.2, 0) is 18.4 Å². The van der Waals surface area contributed by atoms with E-state index in [-0.39, 0.29) is 5.54 Å².